The van der Waals surface area contributed by atoms with Crippen molar-refractivity contribution in [3.63, 3.8) is 0 Å². The fourth-order valence-electron chi connectivity index (χ4n) is 2.44. The smallest absolute Gasteiger partial charge is 0.261 e. The molecule has 0 aliphatic heterocycles. The summed E-state index contributed by atoms with van der Waals surface area (Å²) in [6.45, 7) is 0.425. The van der Waals surface area contributed by atoms with Gasteiger partial charge in [-0.05, 0) is 42.8 Å². The number of hydrogen-bond donors (Lipinski definition) is 3. The van der Waals surface area contributed by atoms with Crippen LogP contribution in [0.2, 0.25) is 0 Å². The second-order valence-electron chi connectivity index (χ2n) is 6.18. The first kappa shape index (κ1) is 18.1. The van der Waals surface area contributed by atoms with E-state index in [1.807, 2.05) is 11.4 Å². The molecule has 3 rings (SSSR count). The van der Waals surface area contributed by atoms with Gasteiger partial charge >= 0.3 is 0 Å². The first-order chi connectivity index (χ1) is 12.6. The second kappa shape index (κ2) is 8.62. The van der Waals surface area contributed by atoms with Crippen molar-refractivity contribution in [2.45, 2.75) is 31.7 Å². The second-order valence-corrected chi connectivity index (χ2v) is 7.13. The molecule has 1 heterocycles. The minimum absolute atomic E-state index is 0.123. The van der Waals surface area contributed by atoms with E-state index in [4.69, 9.17) is 0 Å². The maximum absolute atomic E-state index is 12.2. The van der Waals surface area contributed by atoms with Gasteiger partial charge in [0.2, 0.25) is 5.91 Å². The number of anilines is 1. The van der Waals surface area contributed by atoms with Gasteiger partial charge in [-0.25, -0.2) is 0 Å². The molecule has 1 aliphatic rings. The predicted molar refractivity (Wildman–Crippen MR) is 101 cm³/mol. The summed E-state index contributed by atoms with van der Waals surface area (Å²) in [6, 6.07) is 10.8. The van der Waals surface area contributed by atoms with Gasteiger partial charge in [-0.3, -0.25) is 14.4 Å². The van der Waals surface area contributed by atoms with Crippen LogP contribution < -0.4 is 16.0 Å². The number of carbonyl (C=O) groups excluding carboxylic acids is 3. The Bertz CT molecular complexity index is 785. The number of thiophene rings is 1. The Morgan fingerprint density at radius 3 is 2.58 bits per heavy atom. The van der Waals surface area contributed by atoms with Crippen LogP contribution in [0.15, 0.2) is 41.8 Å². The quantitative estimate of drug-likeness (QED) is 0.624. The standard InChI is InChI=1S/C19H21N3O3S/c23-17(8-3-11-20-19(25)16-7-4-12-26-16)22-15-6-2-1-5-14(15)18(24)21-13-9-10-13/h1-2,4-7,12-13H,3,8-11H2,(H,20,25)(H,21,24)(H,22,23). The van der Waals surface area contributed by atoms with Crippen LogP contribution in [0, 0.1) is 0 Å². The number of benzene rings is 1. The van der Waals surface area contributed by atoms with Crippen LogP contribution in [-0.2, 0) is 4.79 Å². The molecule has 2 aromatic rings. The van der Waals surface area contributed by atoms with Gasteiger partial charge in [0.25, 0.3) is 11.8 Å². The summed E-state index contributed by atoms with van der Waals surface area (Å²) >= 11 is 1.38. The summed E-state index contributed by atoms with van der Waals surface area (Å²) in [4.78, 5) is 36.8. The largest absolute Gasteiger partial charge is 0.351 e. The molecule has 7 heteroatoms. The highest BCUT2D eigenvalue weighted by Crippen LogP contribution is 2.21. The molecule has 26 heavy (non-hydrogen) atoms. The third kappa shape index (κ3) is 5.16. The Hall–Kier alpha value is -2.67. The summed E-state index contributed by atoms with van der Waals surface area (Å²) in [7, 11) is 0. The monoisotopic (exact) mass is 371 g/mol. The van der Waals surface area contributed by atoms with Gasteiger partial charge in [-0.15, -0.1) is 11.3 Å². The van der Waals surface area contributed by atoms with E-state index in [1.54, 1.807) is 30.3 Å². The first-order valence-corrected chi connectivity index (χ1v) is 9.53. The average Bonchev–Trinajstić information content (AvgIpc) is 3.27. The van der Waals surface area contributed by atoms with Crippen LogP contribution in [0.1, 0.15) is 45.7 Å². The van der Waals surface area contributed by atoms with Crippen molar-refractivity contribution < 1.29 is 14.4 Å². The van der Waals surface area contributed by atoms with Crippen LogP contribution in [0.3, 0.4) is 0 Å². The van der Waals surface area contributed by atoms with Crippen molar-refractivity contribution in [1.29, 1.82) is 0 Å². The van der Waals surface area contributed by atoms with Gasteiger partial charge in [-0.2, -0.15) is 0 Å². The molecule has 0 atom stereocenters. The van der Waals surface area contributed by atoms with Crippen LogP contribution >= 0.6 is 11.3 Å². The maximum Gasteiger partial charge on any atom is 0.261 e. The molecule has 0 bridgehead atoms. The van der Waals surface area contributed by atoms with Crippen molar-refractivity contribution in [2.24, 2.45) is 0 Å². The number of amides is 3. The summed E-state index contributed by atoms with van der Waals surface area (Å²) in [5.41, 5.74) is 0.983. The minimum atomic E-state index is -0.179. The van der Waals surface area contributed by atoms with E-state index >= 15 is 0 Å². The molecular formula is C19H21N3O3S. The Kier molecular flexibility index (Phi) is 6.01. The zero-order valence-corrected chi connectivity index (χ0v) is 15.1. The Morgan fingerprint density at radius 1 is 1.04 bits per heavy atom. The van der Waals surface area contributed by atoms with Crippen molar-refractivity contribution >= 4 is 34.7 Å². The van der Waals surface area contributed by atoms with Crippen LogP contribution in [0.4, 0.5) is 5.69 Å². The fraction of sp³-hybridized carbons (Fsp3) is 0.316. The van der Waals surface area contributed by atoms with E-state index in [0.717, 1.165) is 12.8 Å². The van der Waals surface area contributed by atoms with E-state index in [9.17, 15) is 14.4 Å². The third-order valence-corrected chi connectivity index (χ3v) is 4.84. The molecule has 1 saturated carbocycles. The molecular weight excluding hydrogens is 350 g/mol. The third-order valence-electron chi connectivity index (χ3n) is 3.97. The molecule has 3 amide bonds. The van der Waals surface area contributed by atoms with Crippen LogP contribution in [-0.4, -0.2) is 30.3 Å². The van der Waals surface area contributed by atoms with Crippen molar-refractivity contribution in [2.75, 3.05) is 11.9 Å². The van der Waals surface area contributed by atoms with Gasteiger partial charge < -0.3 is 16.0 Å². The highest BCUT2D eigenvalue weighted by molar-refractivity contribution is 7.12. The summed E-state index contributed by atoms with van der Waals surface area (Å²) < 4.78 is 0. The number of para-hydroxylation sites is 1. The SMILES string of the molecule is O=C(CCCNC(=O)c1cccs1)Nc1ccccc1C(=O)NC1CC1. The molecule has 1 fully saturated rings. The highest BCUT2D eigenvalue weighted by Gasteiger charge is 2.24. The lowest BCUT2D eigenvalue weighted by Gasteiger charge is -2.11. The number of rotatable bonds is 8. The predicted octanol–water partition coefficient (Wildman–Crippen LogP) is 2.79. The van der Waals surface area contributed by atoms with Crippen LogP contribution in [0.5, 0.6) is 0 Å². The van der Waals surface area contributed by atoms with Gasteiger partial charge in [0.15, 0.2) is 0 Å². The lowest BCUT2D eigenvalue weighted by Crippen LogP contribution is -2.27. The Morgan fingerprint density at radius 2 is 1.85 bits per heavy atom. The Labute approximate surface area is 156 Å². The summed E-state index contributed by atoms with van der Waals surface area (Å²) in [5.74, 6) is -0.462. The summed E-state index contributed by atoms with van der Waals surface area (Å²) in [5, 5.41) is 10.4. The zero-order chi connectivity index (χ0) is 18.4. The maximum atomic E-state index is 12.2. The lowest BCUT2D eigenvalue weighted by molar-refractivity contribution is -0.116. The van der Waals surface area contributed by atoms with E-state index < -0.39 is 0 Å². The van der Waals surface area contributed by atoms with E-state index in [-0.39, 0.29) is 30.2 Å². The lowest BCUT2D eigenvalue weighted by atomic mass is 10.1. The molecule has 1 aromatic carbocycles. The van der Waals surface area contributed by atoms with E-state index in [0.29, 0.717) is 29.1 Å². The van der Waals surface area contributed by atoms with E-state index in [1.165, 1.54) is 11.3 Å². The molecule has 1 aromatic heterocycles. The Balaban J connectivity index is 1.44. The molecule has 0 spiro atoms. The fourth-order valence-corrected chi connectivity index (χ4v) is 3.08. The molecule has 0 saturated heterocycles. The topological polar surface area (TPSA) is 87.3 Å². The summed E-state index contributed by atoms with van der Waals surface area (Å²) in [6.07, 6.45) is 2.82. The molecule has 136 valence electrons. The molecule has 0 radical (unpaired) electrons. The zero-order valence-electron chi connectivity index (χ0n) is 14.3. The molecule has 1 aliphatic carbocycles. The van der Waals surface area contributed by atoms with Gasteiger partial charge in [0.05, 0.1) is 16.1 Å². The molecule has 0 unspecified atom stereocenters. The molecule has 3 N–H and O–H groups in total. The van der Waals surface area contributed by atoms with E-state index in [2.05, 4.69) is 16.0 Å². The normalized spacial score (nSPS) is 13.1. The van der Waals surface area contributed by atoms with Gasteiger partial charge in [-0.1, -0.05) is 18.2 Å². The van der Waals surface area contributed by atoms with Crippen molar-refractivity contribution in [3.05, 3.63) is 52.2 Å². The van der Waals surface area contributed by atoms with Crippen molar-refractivity contribution in [1.82, 2.24) is 10.6 Å². The van der Waals surface area contributed by atoms with Gasteiger partial charge in [0, 0.05) is 19.0 Å². The number of hydrogen-bond acceptors (Lipinski definition) is 4. The highest BCUT2D eigenvalue weighted by atomic mass is 32.1. The average molecular weight is 371 g/mol. The minimum Gasteiger partial charge on any atom is -0.351 e. The van der Waals surface area contributed by atoms with Crippen molar-refractivity contribution in [3.8, 4) is 0 Å². The molecule has 6 nitrogen and oxygen atoms in total. The number of nitrogens with one attached hydrogen (secondary N) is 3. The first-order valence-electron chi connectivity index (χ1n) is 8.65. The number of carbonyl (C=O) groups is 3. The van der Waals surface area contributed by atoms with Gasteiger partial charge in [0.1, 0.15) is 0 Å². The van der Waals surface area contributed by atoms with Crippen LogP contribution in [0.25, 0.3) is 0 Å².